The molecule has 15 heavy (non-hydrogen) atoms. The molecule has 0 aliphatic carbocycles. The highest BCUT2D eigenvalue weighted by atomic mass is 32.1. The third kappa shape index (κ3) is 3.55. The first-order valence-electron chi connectivity index (χ1n) is 5.39. The maximum absolute atomic E-state index is 5.62. The maximum atomic E-state index is 5.62. The Labute approximate surface area is 96.3 Å². The van der Waals surface area contributed by atoms with Gasteiger partial charge >= 0.3 is 0 Å². The van der Waals surface area contributed by atoms with Crippen molar-refractivity contribution in [3.05, 3.63) is 16.1 Å². The molecule has 0 aliphatic rings. The fourth-order valence-electron chi connectivity index (χ4n) is 1.21. The Hall–Kier alpha value is -0.450. The van der Waals surface area contributed by atoms with Gasteiger partial charge in [-0.25, -0.2) is 4.98 Å². The lowest BCUT2D eigenvalue weighted by Crippen LogP contribution is -2.34. The Morgan fingerprint density at radius 1 is 1.47 bits per heavy atom. The van der Waals surface area contributed by atoms with Gasteiger partial charge in [0, 0.05) is 23.7 Å². The quantitative estimate of drug-likeness (QED) is 0.837. The number of nitrogens with two attached hydrogens (primary N) is 1. The summed E-state index contributed by atoms with van der Waals surface area (Å²) in [7, 11) is 2.09. The Balaban J connectivity index is 2.57. The maximum Gasteiger partial charge on any atom is 0.107 e. The van der Waals surface area contributed by atoms with Crippen LogP contribution in [0.4, 0.5) is 0 Å². The largest absolute Gasteiger partial charge is 0.329 e. The number of hydrogen-bond acceptors (Lipinski definition) is 4. The van der Waals surface area contributed by atoms with Crippen LogP contribution < -0.4 is 5.73 Å². The van der Waals surface area contributed by atoms with Crippen LogP contribution in [-0.4, -0.2) is 29.5 Å². The van der Waals surface area contributed by atoms with Crippen LogP contribution in [0.15, 0.2) is 6.20 Å². The summed E-state index contributed by atoms with van der Waals surface area (Å²) in [6, 6.07) is 0.413. The number of likely N-dealkylation sites (N-methyl/N-ethyl adjacent to an activating group) is 1. The van der Waals surface area contributed by atoms with E-state index in [2.05, 4.69) is 37.7 Å². The van der Waals surface area contributed by atoms with Crippen molar-refractivity contribution in [1.29, 1.82) is 0 Å². The molecular formula is C11H21N3S. The van der Waals surface area contributed by atoms with Crippen LogP contribution in [0.2, 0.25) is 0 Å². The first-order chi connectivity index (χ1) is 7.04. The highest BCUT2D eigenvalue weighted by Crippen LogP contribution is 2.22. The van der Waals surface area contributed by atoms with E-state index in [9.17, 15) is 0 Å². The number of aromatic nitrogens is 1. The Morgan fingerprint density at radius 3 is 2.60 bits per heavy atom. The van der Waals surface area contributed by atoms with Gasteiger partial charge in [0.25, 0.3) is 0 Å². The van der Waals surface area contributed by atoms with Gasteiger partial charge in [-0.05, 0) is 19.9 Å². The lowest BCUT2D eigenvalue weighted by Gasteiger charge is -2.21. The van der Waals surface area contributed by atoms with Gasteiger partial charge < -0.3 is 5.73 Å². The second kappa shape index (κ2) is 5.58. The van der Waals surface area contributed by atoms with Gasteiger partial charge in [-0.2, -0.15) is 0 Å². The van der Waals surface area contributed by atoms with Crippen molar-refractivity contribution in [2.75, 3.05) is 13.6 Å². The molecule has 0 saturated heterocycles. The number of hydrogen-bond donors (Lipinski definition) is 1. The fraction of sp³-hybridized carbons (Fsp3) is 0.727. The number of nitrogens with zero attached hydrogens (tertiary/aromatic N) is 2. The summed E-state index contributed by atoms with van der Waals surface area (Å²) in [5.41, 5.74) is 5.62. The van der Waals surface area contributed by atoms with Gasteiger partial charge in [0.2, 0.25) is 0 Å². The van der Waals surface area contributed by atoms with Crippen LogP contribution in [0.1, 0.15) is 36.6 Å². The summed E-state index contributed by atoms with van der Waals surface area (Å²) in [5.74, 6) is 0.577. The van der Waals surface area contributed by atoms with Crippen LogP contribution in [0.3, 0.4) is 0 Å². The summed E-state index contributed by atoms with van der Waals surface area (Å²) < 4.78 is 0. The lowest BCUT2D eigenvalue weighted by atomic mass is 10.2. The molecule has 0 aromatic carbocycles. The van der Waals surface area contributed by atoms with Crippen molar-refractivity contribution >= 4 is 11.3 Å². The third-order valence-corrected chi connectivity index (χ3v) is 3.90. The molecule has 2 N–H and O–H groups in total. The van der Waals surface area contributed by atoms with Crippen molar-refractivity contribution < 1.29 is 0 Å². The van der Waals surface area contributed by atoms with E-state index >= 15 is 0 Å². The van der Waals surface area contributed by atoms with E-state index in [-0.39, 0.29) is 0 Å². The average Bonchev–Trinajstić information content (AvgIpc) is 2.65. The normalized spacial score (nSPS) is 13.8. The SMILES string of the molecule is CC(C)c1cnc(CN(C)C(C)CN)s1. The summed E-state index contributed by atoms with van der Waals surface area (Å²) in [5, 5.41) is 1.18. The monoisotopic (exact) mass is 227 g/mol. The summed E-state index contributed by atoms with van der Waals surface area (Å²) >= 11 is 1.80. The molecule has 0 bridgehead atoms. The molecule has 0 spiro atoms. The molecule has 0 amide bonds. The van der Waals surface area contributed by atoms with Crippen molar-refractivity contribution in [2.24, 2.45) is 5.73 Å². The van der Waals surface area contributed by atoms with E-state index in [1.165, 1.54) is 9.88 Å². The van der Waals surface area contributed by atoms with E-state index in [0.717, 1.165) is 6.54 Å². The molecule has 0 aliphatic heterocycles. The van der Waals surface area contributed by atoms with Crippen molar-refractivity contribution in [3.63, 3.8) is 0 Å². The third-order valence-electron chi connectivity index (χ3n) is 2.62. The van der Waals surface area contributed by atoms with E-state index in [1.807, 2.05) is 6.20 Å². The second-order valence-corrected chi connectivity index (χ2v) is 5.46. The van der Waals surface area contributed by atoms with Gasteiger partial charge in [0.05, 0.1) is 6.54 Å². The Bertz CT molecular complexity index is 296. The number of rotatable bonds is 5. The molecule has 86 valence electrons. The fourth-order valence-corrected chi connectivity index (χ4v) is 2.20. The Morgan fingerprint density at radius 2 is 2.13 bits per heavy atom. The minimum Gasteiger partial charge on any atom is -0.329 e. The highest BCUT2D eigenvalue weighted by Gasteiger charge is 2.11. The number of thiazole rings is 1. The molecule has 0 saturated carbocycles. The van der Waals surface area contributed by atoms with Crippen LogP contribution in [-0.2, 0) is 6.54 Å². The molecule has 0 radical (unpaired) electrons. The smallest absolute Gasteiger partial charge is 0.107 e. The van der Waals surface area contributed by atoms with Gasteiger partial charge in [-0.15, -0.1) is 11.3 Å². The van der Waals surface area contributed by atoms with Crippen molar-refractivity contribution in [3.8, 4) is 0 Å². The molecule has 1 rings (SSSR count). The van der Waals surface area contributed by atoms with E-state index in [0.29, 0.717) is 18.5 Å². The van der Waals surface area contributed by atoms with Crippen LogP contribution in [0.25, 0.3) is 0 Å². The predicted molar refractivity (Wildman–Crippen MR) is 66.2 cm³/mol. The molecule has 0 fully saturated rings. The standard InChI is InChI=1S/C11H21N3S/c1-8(2)10-6-13-11(15-10)7-14(4)9(3)5-12/h6,8-9H,5,7,12H2,1-4H3. The Kier molecular flexibility index (Phi) is 4.70. The minimum atomic E-state index is 0.413. The van der Waals surface area contributed by atoms with E-state index in [1.54, 1.807) is 11.3 Å². The molecular weight excluding hydrogens is 206 g/mol. The van der Waals surface area contributed by atoms with Crippen LogP contribution >= 0.6 is 11.3 Å². The molecule has 1 aromatic rings. The molecule has 1 unspecified atom stereocenters. The zero-order valence-electron chi connectivity index (χ0n) is 10.0. The van der Waals surface area contributed by atoms with Gasteiger partial charge in [0.15, 0.2) is 0 Å². The first-order valence-corrected chi connectivity index (χ1v) is 6.21. The molecule has 1 atom stereocenters. The second-order valence-electron chi connectivity index (χ2n) is 4.31. The molecule has 3 nitrogen and oxygen atoms in total. The van der Waals surface area contributed by atoms with Crippen molar-refractivity contribution in [2.45, 2.75) is 39.3 Å². The zero-order valence-corrected chi connectivity index (χ0v) is 10.8. The minimum absolute atomic E-state index is 0.413. The molecule has 1 heterocycles. The van der Waals surface area contributed by atoms with E-state index in [4.69, 9.17) is 5.73 Å². The first kappa shape index (κ1) is 12.6. The molecule has 1 aromatic heterocycles. The summed E-state index contributed by atoms with van der Waals surface area (Å²) in [4.78, 5) is 8.03. The summed E-state index contributed by atoms with van der Waals surface area (Å²) in [6.07, 6.45) is 1.99. The average molecular weight is 227 g/mol. The van der Waals surface area contributed by atoms with E-state index < -0.39 is 0 Å². The summed E-state index contributed by atoms with van der Waals surface area (Å²) in [6.45, 7) is 8.12. The van der Waals surface area contributed by atoms with Crippen molar-refractivity contribution in [1.82, 2.24) is 9.88 Å². The predicted octanol–water partition coefficient (Wildman–Crippen LogP) is 2.05. The zero-order chi connectivity index (χ0) is 11.4. The highest BCUT2D eigenvalue weighted by molar-refractivity contribution is 7.11. The van der Waals surface area contributed by atoms with Gasteiger partial charge in [-0.1, -0.05) is 13.8 Å². The van der Waals surface area contributed by atoms with Gasteiger partial charge in [0.1, 0.15) is 5.01 Å². The van der Waals surface area contributed by atoms with Gasteiger partial charge in [-0.3, -0.25) is 4.90 Å². The van der Waals surface area contributed by atoms with Crippen LogP contribution in [0.5, 0.6) is 0 Å². The molecule has 4 heteroatoms. The lowest BCUT2D eigenvalue weighted by molar-refractivity contribution is 0.254. The topological polar surface area (TPSA) is 42.2 Å². The van der Waals surface area contributed by atoms with Crippen LogP contribution in [0, 0.1) is 0 Å².